The van der Waals surface area contributed by atoms with Gasteiger partial charge in [-0.3, -0.25) is 0 Å². The molecule has 6 heteroatoms. The quantitative estimate of drug-likeness (QED) is 0.507. The molecule has 0 aliphatic heterocycles. The molecule has 2 heterocycles. The minimum atomic E-state index is -0.493. The highest BCUT2D eigenvalue weighted by molar-refractivity contribution is 6.31. The molecule has 0 aliphatic rings. The van der Waals surface area contributed by atoms with E-state index in [0.29, 0.717) is 21.9 Å². The molecule has 4 rings (SSSR count). The molecular formula is C19H14ClN3O2. The lowest BCUT2D eigenvalue weighted by molar-refractivity contribution is 0.0596. The highest BCUT2D eigenvalue weighted by Gasteiger charge is 2.22. The number of rotatable bonds is 2. The molecule has 0 amide bonds. The summed E-state index contributed by atoms with van der Waals surface area (Å²) in [7, 11) is 3.24. The van der Waals surface area contributed by atoms with Gasteiger partial charge in [0.2, 0.25) is 0 Å². The highest BCUT2D eigenvalue weighted by Crippen LogP contribution is 2.32. The lowest BCUT2D eigenvalue weighted by atomic mass is 10.1. The van der Waals surface area contributed by atoms with Crippen LogP contribution in [-0.4, -0.2) is 27.6 Å². The standard InChI is InChI=1S/C19H14ClN3O2/c1-23-14-10-12(20)8-9-13(14)15-16(19(24)25-2)21-17(22-18(15)23)11-6-4-3-5-7-11/h3-10H,1-2H3. The lowest BCUT2D eigenvalue weighted by Crippen LogP contribution is -2.08. The Morgan fingerprint density at radius 2 is 1.88 bits per heavy atom. The molecule has 5 nitrogen and oxygen atoms in total. The summed E-state index contributed by atoms with van der Waals surface area (Å²) < 4.78 is 6.87. The van der Waals surface area contributed by atoms with Gasteiger partial charge >= 0.3 is 5.97 Å². The van der Waals surface area contributed by atoms with Gasteiger partial charge in [0.1, 0.15) is 5.65 Å². The van der Waals surface area contributed by atoms with Crippen LogP contribution in [0.5, 0.6) is 0 Å². The second kappa shape index (κ2) is 5.86. The molecule has 0 saturated carbocycles. The fraction of sp³-hybridized carbons (Fsp3) is 0.105. The molecule has 0 spiro atoms. The average molecular weight is 352 g/mol. The number of carbonyl (C=O) groups is 1. The van der Waals surface area contributed by atoms with Crippen LogP contribution in [0.15, 0.2) is 48.5 Å². The Hall–Kier alpha value is -2.92. The van der Waals surface area contributed by atoms with Gasteiger partial charge in [-0.2, -0.15) is 0 Å². The number of esters is 1. The number of methoxy groups -OCH3 is 1. The maximum absolute atomic E-state index is 12.4. The fourth-order valence-corrected chi connectivity index (χ4v) is 3.17. The molecule has 2 aromatic carbocycles. The number of halogens is 1. The number of nitrogens with zero attached hydrogens (tertiary/aromatic N) is 3. The first-order chi connectivity index (χ1) is 12.1. The average Bonchev–Trinajstić information content (AvgIpc) is 2.93. The molecule has 0 saturated heterocycles. The second-order valence-corrected chi connectivity index (χ2v) is 6.11. The van der Waals surface area contributed by atoms with Gasteiger partial charge in [-0.25, -0.2) is 14.8 Å². The summed E-state index contributed by atoms with van der Waals surface area (Å²) in [5.74, 6) is -0.0162. The van der Waals surface area contributed by atoms with E-state index in [1.54, 1.807) is 6.07 Å². The molecule has 0 N–H and O–H groups in total. The zero-order valence-corrected chi connectivity index (χ0v) is 14.4. The summed E-state index contributed by atoms with van der Waals surface area (Å²) >= 11 is 6.13. The molecule has 4 aromatic rings. The van der Waals surface area contributed by atoms with Crippen molar-refractivity contribution in [1.82, 2.24) is 14.5 Å². The number of aromatic nitrogens is 3. The number of aryl methyl sites for hydroxylation is 1. The first-order valence-corrected chi connectivity index (χ1v) is 8.07. The molecule has 0 atom stereocenters. The van der Waals surface area contributed by atoms with E-state index in [1.165, 1.54) is 7.11 Å². The van der Waals surface area contributed by atoms with Crippen LogP contribution in [0.4, 0.5) is 0 Å². The van der Waals surface area contributed by atoms with E-state index in [-0.39, 0.29) is 5.69 Å². The molecule has 0 unspecified atom stereocenters. The summed E-state index contributed by atoms with van der Waals surface area (Å²) in [5.41, 5.74) is 2.62. The van der Waals surface area contributed by atoms with Crippen molar-refractivity contribution in [3.8, 4) is 11.4 Å². The van der Waals surface area contributed by atoms with Gasteiger partial charge in [0.15, 0.2) is 11.5 Å². The zero-order valence-electron chi connectivity index (χ0n) is 13.7. The topological polar surface area (TPSA) is 57.0 Å². The predicted octanol–water partition coefficient (Wildman–Crippen LogP) is 4.23. The van der Waals surface area contributed by atoms with Crippen molar-refractivity contribution in [3.05, 3.63) is 59.2 Å². The molecule has 124 valence electrons. The van der Waals surface area contributed by atoms with Crippen LogP contribution in [0.3, 0.4) is 0 Å². The van der Waals surface area contributed by atoms with Crippen molar-refractivity contribution < 1.29 is 9.53 Å². The van der Waals surface area contributed by atoms with Crippen LogP contribution in [0.1, 0.15) is 10.5 Å². The molecule has 0 bridgehead atoms. The Balaban J connectivity index is 2.15. The minimum Gasteiger partial charge on any atom is -0.464 e. The number of benzene rings is 2. The Bertz CT molecular complexity index is 1120. The zero-order chi connectivity index (χ0) is 17.6. The number of hydrogen-bond donors (Lipinski definition) is 0. The monoisotopic (exact) mass is 351 g/mol. The van der Waals surface area contributed by atoms with Crippen LogP contribution in [0, 0.1) is 0 Å². The van der Waals surface area contributed by atoms with Crippen molar-refractivity contribution in [3.63, 3.8) is 0 Å². The van der Waals surface area contributed by atoms with Gasteiger partial charge < -0.3 is 9.30 Å². The van der Waals surface area contributed by atoms with Crippen molar-refractivity contribution in [2.75, 3.05) is 7.11 Å². The Morgan fingerprint density at radius 1 is 1.12 bits per heavy atom. The van der Waals surface area contributed by atoms with Crippen molar-refractivity contribution in [2.45, 2.75) is 0 Å². The summed E-state index contributed by atoms with van der Waals surface area (Å²) in [4.78, 5) is 21.6. The van der Waals surface area contributed by atoms with Crippen molar-refractivity contribution >= 4 is 39.5 Å². The van der Waals surface area contributed by atoms with E-state index in [1.807, 2.05) is 54.1 Å². The van der Waals surface area contributed by atoms with Crippen molar-refractivity contribution in [2.24, 2.45) is 7.05 Å². The molecule has 0 radical (unpaired) electrons. The number of fused-ring (bicyclic) bond motifs is 3. The normalized spacial score (nSPS) is 11.2. The van der Waals surface area contributed by atoms with Gasteiger partial charge in [-0.1, -0.05) is 48.0 Å². The molecule has 0 aliphatic carbocycles. The largest absolute Gasteiger partial charge is 0.464 e. The van der Waals surface area contributed by atoms with Gasteiger partial charge in [-0.05, 0) is 12.1 Å². The van der Waals surface area contributed by atoms with E-state index in [9.17, 15) is 4.79 Å². The van der Waals surface area contributed by atoms with E-state index in [2.05, 4.69) is 4.98 Å². The summed E-state index contributed by atoms with van der Waals surface area (Å²) in [6.07, 6.45) is 0. The van der Waals surface area contributed by atoms with Crippen LogP contribution in [-0.2, 0) is 11.8 Å². The Kier molecular flexibility index (Phi) is 3.66. The summed E-state index contributed by atoms with van der Waals surface area (Å²) in [5, 5.41) is 2.15. The van der Waals surface area contributed by atoms with Crippen LogP contribution in [0.25, 0.3) is 33.3 Å². The van der Waals surface area contributed by atoms with Gasteiger partial charge in [0, 0.05) is 23.0 Å². The number of hydrogen-bond acceptors (Lipinski definition) is 4. The van der Waals surface area contributed by atoms with Gasteiger partial charge in [0.05, 0.1) is 18.0 Å². The number of ether oxygens (including phenoxy) is 1. The molecule has 2 aromatic heterocycles. The van der Waals surface area contributed by atoms with E-state index < -0.39 is 5.97 Å². The second-order valence-electron chi connectivity index (χ2n) is 5.67. The van der Waals surface area contributed by atoms with E-state index >= 15 is 0 Å². The van der Waals surface area contributed by atoms with Crippen molar-refractivity contribution in [1.29, 1.82) is 0 Å². The fourth-order valence-electron chi connectivity index (χ4n) is 3.01. The SMILES string of the molecule is COC(=O)c1nc(-c2ccccc2)nc2c1c1ccc(Cl)cc1n2C. The molecule has 0 fully saturated rings. The Morgan fingerprint density at radius 3 is 2.60 bits per heavy atom. The third-order valence-corrected chi connectivity index (χ3v) is 4.44. The smallest absolute Gasteiger partial charge is 0.357 e. The first-order valence-electron chi connectivity index (χ1n) is 7.69. The lowest BCUT2D eigenvalue weighted by Gasteiger charge is -2.06. The maximum Gasteiger partial charge on any atom is 0.357 e. The van der Waals surface area contributed by atoms with Crippen LogP contribution < -0.4 is 0 Å². The predicted molar refractivity (Wildman–Crippen MR) is 97.8 cm³/mol. The minimum absolute atomic E-state index is 0.249. The van der Waals surface area contributed by atoms with Gasteiger partial charge in [-0.15, -0.1) is 0 Å². The highest BCUT2D eigenvalue weighted by atomic mass is 35.5. The van der Waals surface area contributed by atoms with E-state index in [4.69, 9.17) is 21.3 Å². The van der Waals surface area contributed by atoms with E-state index in [0.717, 1.165) is 16.5 Å². The van der Waals surface area contributed by atoms with Crippen LogP contribution in [0.2, 0.25) is 5.02 Å². The first kappa shape index (κ1) is 15.6. The Labute approximate surface area is 148 Å². The van der Waals surface area contributed by atoms with Crippen LogP contribution >= 0.6 is 11.6 Å². The third kappa shape index (κ3) is 2.44. The summed E-state index contributed by atoms with van der Waals surface area (Å²) in [6, 6.07) is 15.0. The maximum atomic E-state index is 12.4. The number of carbonyl (C=O) groups excluding carboxylic acids is 1. The molecular weight excluding hydrogens is 338 g/mol. The molecule has 25 heavy (non-hydrogen) atoms. The summed E-state index contributed by atoms with van der Waals surface area (Å²) in [6.45, 7) is 0. The van der Waals surface area contributed by atoms with Gasteiger partial charge in [0.25, 0.3) is 0 Å². The third-order valence-electron chi connectivity index (χ3n) is 4.21.